The molecule has 1 aromatic rings. The summed E-state index contributed by atoms with van der Waals surface area (Å²) in [6, 6.07) is 5.73. The zero-order valence-corrected chi connectivity index (χ0v) is 16.0. The second kappa shape index (κ2) is 6.99. The van der Waals surface area contributed by atoms with Gasteiger partial charge in [-0.3, -0.25) is 4.79 Å². The molecule has 26 heavy (non-hydrogen) atoms. The minimum absolute atomic E-state index is 0.0249. The fraction of sp³-hybridized carbons (Fsp3) is 0.500. The molecule has 8 nitrogen and oxygen atoms in total. The summed E-state index contributed by atoms with van der Waals surface area (Å²) in [7, 11) is -5.12. The summed E-state index contributed by atoms with van der Waals surface area (Å²) in [5, 5.41) is 2.64. The van der Waals surface area contributed by atoms with Crippen molar-refractivity contribution < 1.29 is 21.6 Å². The maximum Gasteiger partial charge on any atom is 0.283 e. The molecule has 0 saturated carbocycles. The van der Waals surface area contributed by atoms with Crippen molar-refractivity contribution in [2.45, 2.75) is 24.2 Å². The fourth-order valence-corrected chi connectivity index (χ4v) is 5.89. The lowest BCUT2D eigenvalue weighted by molar-refractivity contribution is -0.119. The third kappa shape index (κ3) is 4.24. The lowest BCUT2D eigenvalue weighted by atomic mass is 10.1. The van der Waals surface area contributed by atoms with Crippen LogP contribution in [0, 0.1) is 5.92 Å². The number of likely N-dealkylation sites (tertiary alicyclic amines) is 1. The van der Waals surface area contributed by atoms with Gasteiger partial charge < -0.3 is 10.2 Å². The van der Waals surface area contributed by atoms with Crippen LogP contribution >= 0.6 is 0 Å². The highest BCUT2D eigenvalue weighted by molar-refractivity contribution is 7.91. The van der Waals surface area contributed by atoms with E-state index in [-0.39, 0.29) is 22.3 Å². The Kier molecular flexibility index (Phi) is 5.07. The molecular weight excluding hydrogens is 378 g/mol. The molecule has 0 spiro atoms. The standard InChI is InChI=1S/C16H21N3O5S2/c1-19-9-2-3-15(19)18-26(23,24)14-6-4-13(5-7-14)17-16(20)12-8-10-25(21,22)11-12/h4-7,12H,2-3,8-11H2,1H3,(H,17,20)/b18-15+. The van der Waals surface area contributed by atoms with Crippen molar-refractivity contribution in [2.24, 2.45) is 10.3 Å². The fourth-order valence-electron chi connectivity index (χ4n) is 3.06. The second-order valence-corrected chi connectivity index (χ2v) is 10.5. The Hall–Kier alpha value is -1.94. The number of carbonyl (C=O) groups excluding carboxylic acids is 1. The number of nitrogens with one attached hydrogen (secondary N) is 1. The molecule has 0 bridgehead atoms. The maximum absolute atomic E-state index is 12.4. The first-order valence-corrected chi connectivity index (χ1v) is 11.6. The Balaban J connectivity index is 1.69. The normalized spacial score (nSPS) is 24.1. The minimum atomic E-state index is -3.80. The third-order valence-electron chi connectivity index (χ3n) is 4.58. The molecule has 2 heterocycles. The van der Waals surface area contributed by atoms with Crippen molar-refractivity contribution in [3.8, 4) is 0 Å². The minimum Gasteiger partial charge on any atom is -0.362 e. The number of rotatable bonds is 4. The average Bonchev–Trinajstić information content (AvgIpc) is 3.13. The number of anilines is 1. The number of sulfone groups is 1. The van der Waals surface area contributed by atoms with E-state index in [1.165, 1.54) is 24.3 Å². The van der Waals surface area contributed by atoms with Crippen molar-refractivity contribution in [1.82, 2.24) is 4.90 Å². The number of hydrogen-bond acceptors (Lipinski definition) is 5. The molecule has 3 rings (SSSR count). The Morgan fingerprint density at radius 1 is 1.27 bits per heavy atom. The summed E-state index contributed by atoms with van der Waals surface area (Å²) in [5.41, 5.74) is 0.420. The van der Waals surface area contributed by atoms with E-state index in [4.69, 9.17) is 0 Å². The molecule has 0 aromatic heterocycles. The van der Waals surface area contributed by atoms with Crippen LogP contribution in [0.4, 0.5) is 5.69 Å². The number of nitrogens with zero attached hydrogens (tertiary/aromatic N) is 2. The second-order valence-electron chi connectivity index (χ2n) is 6.62. The number of amidine groups is 1. The molecule has 2 aliphatic heterocycles. The number of benzene rings is 1. The third-order valence-corrected chi connectivity index (χ3v) is 7.67. The summed E-state index contributed by atoms with van der Waals surface area (Å²) < 4.78 is 51.6. The Morgan fingerprint density at radius 3 is 2.50 bits per heavy atom. The first-order chi connectivity index (χ1) is 12.2. The van der Waals surface area contributed by atoms with Gasteiger partial charge in [-0.05, 0) is 37.1 Å². The average molecular weight is 399 g/mol. The van der Waals surface area contributed by atoms with Crippen LogP contribution in [0.2, 0.25) is 0 Å². The Morgan fingerprint density at radius 2 is 1.96 bits per heavy atom. The van der Waals surface area contributed by atoms with Crippen molar-refractivity contribution >= 4 is 37.3 Å². The van der Waals surface area contributed by atoms with Crippen LogP contribution in [0.1, 0.15) is 19.3 Å². The Bertz CT molecular complexity index is 937. The SMILES string of the molecule is CN1CCC/C1=N\S(=O)(=O)c1ccc(NC(=O)C2CCS(=O)(=O)C2)cc1. The van der Waals surface area contributed by atoms with Gasteiger partial charge in [-0.2, -0.15) is 8.42 Å². The van der Waals surface area contributed by atoms with E-state index in [9.17, 15) is 21.6 Å². The van der Waals surface area contributed by atoms with Crippen molar-refractivity contribution in [3.63, 3.8) is 0 Å². The van der Waals surface area contributed by atoms with E-state index in [1.54, 1.807) is 0 Å². The van der Waals surface area contributed by atoms with Crippen LogP contribution in [0.15, 0.2) is 33.6 Å². The van der Waals surface area contributed by atoms with Gasteiger partial charge in [0.1, 0.15) is 5.84 Å². The zero-order chi connectivity index (χ0) is 18.9. The van der Waals surface area contributed by atoms with Crippen LogP contribution in [0.25, 0.3) is 0 Å². The molecule has 2 saturated heterocycles. The van der Waals surface area contributed by atoms with Gasteiger partial charge in [0, 0.05) is 25.7 Å². The molecule has 0 aliphatic carbocycles. The predicted molar refractivity (Wildman–Crippen MR) is 98.3 cm³/mol. The van der Waals surface area contributed by atoms with Gasteiger partial charge in [0.05, 0.1) is 22.3 Å². The van der Waals surface area contributed by atoms with E-state index in [1.807, 2.05) is 11.9 Å². The lowest BCUT2D eigenvalue weighted by Gasteiger charge is -2.11. The van der Waals surface area contributed by atoms with Gasteiger partial charge in [0.15, 0.2) is 9.84 Å². The Labute approximate surface area is 153 Å². The smallest absolute Gasteiger partial charge is 0.283 e. The molecular formula is C16H21N3O5S2. The van der Waals surface area contributed by atoms with Crippen molar-refractivity contribution in [3.05, 3.63) is 24.3 Å². The van der Waals surface area contributed by atoms with Crippen molar-refractivity contribution in [2.75, 3.05) is 30.4 Å². The number of hydrogen-bond donors (Lipinski definition) is 1. The molecule has 1 atom stereocenters. The summed E-state index contributed by atoms with van der Waals surface area (Å²) >= 11 is 0. The van der Waals surface area contributed by atoms with Gasteiger partial charge in [-0.1, -0.05) is 0 Å². The molecule has 10 heteroatoms. The number of amides is 1. The maximum atomic E-state index is 12.4. The van der Waals surface area contributed by atoms with Gasteiger partial charge >= 0.3 is 0 Å². The zero-order valence-electron chi connectivity index (χ0n) is 14.4. The van der Waals surface area contributed by atoms with Gasteiger partial charge in [-0.15, -0.1) is 4.40 Å². The van der Waals surface area contributed by atoms with E-state index in [0.29, 0.717) is 24.4 Å². The van der Waals surface area contributed by atoms with Gasteiger partial charge in [0.2, 0.25) is 5.91 Å². The highest BCUT2D eigenvalue weighted by Crippen LogP contribution is 2.22. The highest BCUT2D eigenvalue weighted by atomic mass is 32.2. The summed E-state index contributed by atoms with van der Waals surface area (Å²) in [4.78, 5) is 14.0. The quantitative estimate of drug-likeness (QED) is 0.804. The highest BCUT2D eigenvalue weighted by Gasteiger charge is 2.33. The molecule has 1 N–H and O–H groups in total. The van der Waals surface area contributed by atoms with Crippen molar-refractivity contribution in [1.29, 1.82) is 0 Å². The molecule has 1 amide bonds. The first-order valence-electron chi connectivity index (χ1n) is 8.33. The molecule has 2 aliphatic rings. The van der Waals surface area contributed by atoms with Crippen LogP contribution in [0.5, 0.6) is 0 Å². The van der Waals surface area contributed by atoms with Crippen LogP contribution < -0.4 is 5.32 Å². The number of carbonyl (C=O) groups is 1. The predicted octanol–water partition coefficient (Wildman–Crippen LogP) is 0.873. The molecule has 1 unspecified atom stereocenters. The monoisotopic (exact) mass is 399 g/mol. The first kappa shape index (κ1) is 18.8. The molecule has 142 valence electrons. The van der Waals surface area contributed by atoms with Crippen LogP contribution in [-0.2, 0) is 24.7 Å². The topological polar surface area (TPSA) is 113 Å². The number of sulfonamides is 1. The van der Waals surface area contributed by atoms with Gasteiger partial charge in [-0.25, -0.2) is 8.42 Å². The van der Waals surface area contributed by atoms with E-state index in [2.05, 4.69) is 9.71 Å². The summed E-state index contributed by atoms with van der Waals surface area (Å²) in [6.07, 6.45) is 1.83. The lowest BCUT2D eigenvalue weighted by Crippen LogP contribution is -2.23. The molecule has 2 fully saturated rings. The van der Waals surface area contributed by atoms with Crippen LogP contribution in [0.3, 0.4) is 0 Å². The molecule has 0 radical (unpaired) electrons. The summed E-state index contributed by atoms with van der Waals surface area (Å²) in [5.74, 6) is -0.500. The molecule has 1 aromatic carbocycles. The summed E-state index contributed by atoms with van der Waals surface area (Å²) in [6.45, 7) is 0.788. The van der Waals surface area contributed by atoms with Crippen LogP contribution in [-0.4, -0.2) is 58.6 Å². The largest absolute Gasteiger partial charge is 0.362 e. The van der Waals surface area contributed by atoms with E-state index in [0.717, 1.165) is 13.0 Å². The van der Waals surface area contributed by atoms with Gasteiger partial charge in [0.25, 0.3) is 10.0 Å². The van der Waals surface area contributed by atoms with E-state index >= 15 is 0 Å². The van der Waals surface area contributed by atoms with E-state index < -0.39 is 25.8 Å².